The molecule has 0 spiro atoms. The van der Waals surface area contributed by atoms with Gasteiger partial charge in [-0.3, -0.25) is 9.79 Å². The molecule has 1 aliphatic carbocycles. The second kappa shape index (κ2) is 13.8. The number of nitrogens with zero attached hydrogens (tertiary/aromatic N) is 2. The van der Waals surface area contributed by atoms with Crippen LogP contribution in [0.25, 0.3) is 0 Å². The van der Waals surface area contributed by atoms with Gasteiger partial charge in [-0.15, -0.1) is 24.0 Å². The van der Waals surface area contributed by atoms with Crippen molar-refractivity contribution in [3.8, 4) is 0 Å². The van der Waals surface area contributed by atoms with E-state index in [0.717, 1.165) is 37.6 Å². The van der Waals surface area contributed by atoms with Crippen LogP contribution in [-0.4, -0.2) is 71.3 Å². The number of hydrogen-bond donors (Lipinski definition) is 3. The first-order chi connectivity index (χ1) is 14.0. The van der Waals surface area contributed by atoms with Crippen molar-refractivity contribution in [2.75, 3.05) is 54.5 Å². The molecule has 0 saturated heterocycles. The maximum atomic E-state index is 12.3. The number of methoxy groups -OCH3 is 1. The summed E-state index contributed by atoms with van der Waals surface area (Å²) in [6.45, 7) is 3.78. The first kappa shape index (κ1) is 26.6. The summed E-state index contributed by atoms with van der Waals surface area (Å²) in [5.74, 6) is 0.746. The monoisotopic (exact) mass is 531 g/mol. The zero-order chi connectivity index (χ0) is 21.1. The molecule has 8 heteroatoms. The number of amides is 1. The molecule has 0 heterocycles. The number of likely N-dealkylation sites (N-methyl/N-ethyl adjacent to an activating group) is 1. The van der Waals surface area contributed by atoms with Gasteiger partial charge in [0, 0.05) is 52.5 Å². The van der Waals surface area contributed by atoms with Gasteiger partial charge in [0.15, 0.2) is 5.96 Å². The molecule has 0 bridgehead atoms. The van der Waals surface area contributed by atoms with Crippen molar-refractivity contribution in [3.63, 3.8) is 0 Å². The highest BCUT2D eigenvalue weighted by atomic mass is 127. The summed E-state index contributed by atoms with van der Waals surface area (Å²) in [7, 11) is 7.52. The quantitative estimate of drug-likeness (QED) is 0.233. The third kappa shape index (κ3) is 8.77. The van der Waals surface area contributed by atoms with E-state index in [-0.39, 0.29) is 29.9 Å². The normalized spacial score (nSPS) is 15.2. The molecule has 0 atom stereocenters. The lowest BCUT2D eigenvalue weighted by Crippen LogP contribution is -2.46. The summed E-state index contributed by atoms with van der Waals surface area (Å²) >= 11 is 0. The molecule has 0 radical (unpaired) electrons. The van der Waals surface area contributed by atoms with Crippen LogP contribution in [-0.2, 0) is 11.3 Å². The van der Waals surface area contributed by atoms with E-state index in [1.807, 2.05) is 43.3 Å². The van der Waals surface area contributed by atoms with E-state index in [1.54, 1.807) is 14.2 Å². The Morgan fingerprint density at radius 3 is 2.60 bits per heavy atom. The second-order valence-corrected chi connectivity index (χ2v) is 8.14. The third-order valence-corrected chi connectivity index (χ3v) is 5.60. The van der Waals surface area contributed by atoms with Gasteiger partial charge in [-0.05, 0) is 56.5 Å². The van der Waals surface area contributed by atoms with E-state index < -0.39 is 0 Å². The minimum absolute atomic E-state index is 0. The lowest BCUT2D eigenvalue weighted by molar-refractivity contribution is 0.0732. The van der Waals surface area contributed by atoms with Gasteiger partial charge in [0.2, 0.25) is 0 Å². The Bertz CT molecular complexity index is 677. The number of rotatable bonds is 11. The van der Waals surface area contributed by atoms with Crippen LogP contribution >= 0.6 is 24.0 Å². The summed E-state index contributed by atoms with van der Waals surface area (Å²) in [4.78, 5) is 18.7. The molecule has 1 saturated carbocycles. The number of guanidine groups is 1. The summed E-state index contributed by atoms with van der Waals surface area (Å²) in [5.41, 5.74) is 2.06. The predicted octanol–water partition coefficient (Wildman–Crippen LogP) is 2.47. The van der Waals surface area contributed by atoms with Crippen molar-refractivity contribution < 1.29 is 9.53 Å². The maximum Gasteiger partial charge on any atom is 0.251 e. The number of hydrogen-bond acceptors (Lipinski definition) is 4. The summed E-state index contributed by atoms with van der Waals surface area (Å²) in [5, 5.41) is 9.78. The Labute approximate surface area is 198 Å². The van der Waals surface area contributed by atoms with Crippen molar-refractivity contribution >= 4 is 35.8 Å². The maximum absolute atomic E-state index is 12.3. The van der Waals surface area contributed by atoms with Crippen molar-refractivity contribution in [1.29, 1.82) is 0 Å². The summed E-state index contributed by atoms with van der Waals surface area (Å²) in [6, 6.07) is 7.71. The van der Waals surface area contributed by atoms with E-state index in [4.69, 9.17) is 4.74 Å². The summed E-state index contributed by atoms with van der Waals surface area (Å²) < 4.78 is 5.27. The fraction of sp³-hybridized carbons (Fsp3) is 0.636. The molecule has 2 rings (SSSR count). The van der Waals surface area contributed by atoms with Gasteiger partial charge >= 0.3 is 0 Å². The molecule has 170 valence electrons. The fourth-order valence-electron chi connectivity index (χ4n) is 3.51. The Morgan fingerprint density at radius 2 is 2.00 bits per heavy atom. The molecule has 1 aromatic rings. The molecule has 1 amide bonds. The average molecular weight is 531 g/mol. The SMILES string of the molecule is CN=C(NCc1cccc(C(=O)NCCN(C)C)c1)NCC1(CCOC)CCC1.I. The van der Waals surface area contributed by atoms with Crippen LogP contribution < -0.4 is 16.0 Å². The largest absolute Gasteiger partial charge is 0.385 e. The van der Waals surface area contributed by atoms with Crippen LogP contribution in [0, 0.1) is 5.41 Å². The van der Waals surface area contributed by atoms with E-state index in [0.29, 0.717) is 24.1 Å². The number of ether oxygens (including phenoxy) is 1. The molecule has 1 aliphatic rings. The first-order valence-electron chi connectivity index (χ1n) is 10.4. The number of carbonyl (C=O) groups excluding carboxylic acids is 1. The van der Waals surface area contributed by atoms with Crippen LogP contribution in [0.2, 0.25) is 0 Å². The van der Waals surface area contributed by atoms with Crippen LogP contribution in [0.5, 0.6) is 0 Å². The standard InChI is InChI=1S/C22H37N5O2.HI/c1-23-21(26-17-22(9-6-10-22)11-14-29-4)25-16-18-7-5-8-19(15-18)20(28)24-12-13-27(2)3;/h5,7-8,15H,6,9-14,16-17H2,1-4H3,(H,24,28)(H2,23,25,26);1H. The van der Waals surface area contributed by atoms with E-state index in [1.165, 1.54) is 19.3 Å². The molecular weight excluding hydrogens is 493 g/mol. The molecular formula is C22H38IN5O2. The zero-order valence-electron chi connectivity index (χ0n) is 18.8. The van der Waals surface area contributed by atoms with E-state index in [9.17, 15) is 4.79 Å². The number of aliphatic imine (C=N–C) groups is 1. The lowest BCUT2D eigenvalue weighted by atomic mass is 9.67. The molecule has 30 heavy (non-hydrogen) atoms. The molecule has 3 N–H and O–H groups in total. The highest BCUT2D eigenvalue weighted by molar-refractivity contribution is 14.0. The van der Waals surface area contributed by atoms with Gasteiger partial charge < -0.3 is 25.6 Å². The Kier molecular flexibility index (Phi) is 12.3. The average Bonchev–Trinajstić information content (AvgIpc) is 2.69. The Hall–Kier alpha value is -1.39. The number of nitrogens with one attached hydrogen (secondary N) is 3. The fourth-order valence-corrected chi connectivity index (χ4v) is 3.51. The first-order valence-corrected chi connectivity index (χ1v) is 10.4. The molecule has 0 aromatic heterocycles. The van der Waals surface area contributed by atoms with Gasteiger partial charge in [-0.25, -0.2) is 0 Å². The molecule has 1 aromatic carbocycles. The van der Waals surface area contributed by atoms with Crippen molar-refractivity contribution in [2.45, 2.75) is 32.2 Å². The molecule has 0 aliphatic heterocycles. The lowest BCUT2D eigenvalue weighted by Gasteiger charge is -2.42. The highest BCUT2D eigenvalue weighted by Gasteiger charge is 2.36. The number of benzene rings is 1. The van der Waals surface area contributed by atoms with Crippen molar-refractivity contribution in [1.82, 2.24) is 20.9 Å². The Morgan fingerprint density at radius 1 is 1.23 bits per heavy atom. The van der Waals surface area contributed by atoms with E-state index >= 15 is 0 Å². The zero-order valence-corrected chi connectivity index (χ0v) is 21.1. The van der Waals surface area contributed by atoms with Crippen LogP contribution in [0.15, 0.2) is 29.3 Å². The summed E-state index contributed by atoms with van der Waals surface area (Å²) in [6.07, 6.45) is 4.86. The molecule has 0 unspecified atom stereocenters. The smallest absolute Gasteiger partial charge is 0.251 e. The van der Waals surface area contributed by atoms with Crippen LogP contribution in [0.3, 0.4) is 0 Å². The number of carbonyl (C=O) groups is 1. The van der Waals surface area contributed by atoms with Gasteiger partial charge in [0.25, 0.3) is 5.91 Å². The topological polar surface area (TPSA) is 78.0 Å². The molecule has 1 fully saturated rings. The van der Waals surface area contributed by atoms with Gasteiger partial charge in [-0.1, -0.05) is 18.6 Å². The van der Waals surface area contributed by atoms with Crippen LogP contribution in [0.1, 0.15) is 41.6 Å². The molecule has 7 nitrogen and oxygen atoms in total. The van der Waals surface area contributed by atoms with Crippen molar-refractivity contribution in [2.24, 2.45) is 10.4 Å². The minimum Gasteiger partial charge on any atom is -0.385 e. The van der Waals surface area contributed by atoms with Crippen molar-refractivity contribution in [3.05, 3.63) is 35.4 Å². The third-order valence-electron chi connectivity index (χ3n) is 5.60. The minimum atomic E-state index is -0.0405. The van der Waals surface area contributed by atoms with E-state index in [2.05, 4.69) is 20.9 Å². The predicted molar refractivity (Wildman–Crippen MR) is 134 cm³/mol. The van der Waals surface area contributed by atoms with Gasteiger partial charge in [-0.2, -0.15) is 0 Å². The Balaban J connectivity index is 0.00000450. The van der Waals surface area contributed by atoms with Crippen LogP contribution in [0.4, 0.5) is 0 Å². The van der Waals surface area contributed by atoms with Gasteiger partial charge in [0.05, 0.1) is 0 Å². The second-order valence-electron chi connectivity index (χ2n) is 8.14. The van der Waals surface area contributed by atoms with Gasteiger partial charge in [0.1, 0.15) is 0 Å². The highest BCUT2D eigenvalue weighted by Crippen LogP contribution is 2.43. The number of halogens is 1.